The van der Waals surface area contributed by atoms with E-state index in [1.807, 2.05) is 0 Å². The first-order valence-electron chi connectivity index (χ1n) is 4.64. The second kappa shape index (κ2) is 2.53. The summed E-state index contributed by atoms with van der Waals surface area (Å²) in [6.07, 6.45) is 2.42. The van der Waals surface area contributed by atoms with E-state index >= 15 is 0 Å². The standard InChI is InChI=1S/C9H16N2O2/c1-13-7-5-8(10)2-3-9(7,11)4-6(8)12/h7H,2-5,10-11H2,1H3. The van der Waals surface area contributed by atoms with Gasteiger partial charge in [-0.1, -0.05) is 0 Å². The van der Waals surface area contributed by atoms with Crippen LogP contribution in [0.1, 0.15) is 25.7 Å². The van der Waals surface area contributed by atoms with Gasteiger partial charge in [0, 0.05) is 25.5 Å². The van der Waals surface area contributed by atoms with Gasteiger partial charge in [-0.15, -0.1) is 0 Å². The van der Waals surface area contributed by atoms with Crippen molar-refractivity contribution in [3.63, 3.8) is 0 Å². The molecule has 4 nitrogen and oxygen atoms in total. The number of carbonyl (C=O) groups excluding carboxylic acids is 1. The molecule has 0 radical (unpaired) electrons. The van der Waals surface area contributed by atoms with Crippen molar-refractivity contribution < 1.29 is 9.53 Å². The zero-order chi connectivity index (χ0) is 9.69. The maximum absolute atomic E-state index is 11.6. The van der Waals surface area contributed by atoms with Crippen molar-refractivity contribution in [1.29, 1.82) is 0 Å². The Morgan fingerprint density at radius 3 is 2.69 bits per heavy atom. The predicted molar refractivity (Wildman–Crippen MR) is 48.1 cm³/mol. The van der Waals surface area contributed by atoms with Crippen molar-refractivity contribution in [2.24, 2.45) is 11.5 Å². The molecule has 2 bridgehead atoms. The third kappa shape index (κ3) is 1.13. The van der Waals surface area contributed by atoms with Crippen molar-refractivity contribution in [2.45, 2.75) is 42.9 Å². The summed E-state index contributed by atoms with van der Waals surface area (Å²) in [7, 11) is 1.63. The molecule has 3 saturated carbocycles. The summed E-state index contributed by atoms with van der Waals surface area (Å²) in [6.45, 7) is 0. The molecule has 0 spiro atoms. The number of ether oxygens (including phenoxy) is 1. The Hall–Kier alpha value is -0.450. The van der Waals surface area contributed by atoms with E-state index in [1.165, 1.54) is 0 Å². The van der Waals surface area contributed by atoms with E-state index in [9.17, 15) is 4.79 Å². The van der Waals surface area contributed by atoms with E-state index in [0.717, 1.165) is 6.42 Å². The SMILES string of the molecule is COC1CC2(N)CCC1(N)CC2=O. The van der Waals surface area contributed by atoms with E-state index in [-0.39, 0.29) is 11.9 Å². The van der Waals surface area contributed by atoms with Crippen LogP contribution in [0.25, 0.3) is 0 Å². The molecule has 3 unspecified atom stereocenters. The second-order valence-electron chi connectivity index (χ2n) is 4.42. The van der Waals surface area contributed by atoms with Gasteiger partial charge in [0.2, 0.25) is 0 Å². The monoisotopic (exact) mass is 184 g/mol. The first kappa shape index (κ1) is 9.12. The Morgan fingerprint density at radius 1 is 1.46 bits per heavy atom. The van der Waals surface area contributed by atoms with Crippen LogP contribution in [0.2, 0.25) is 0 Å². The number of rotatable bonds is 1. The molecule has 3 aliphatic rings. The summed E-state index contributed by atoms with van der Waals surface area (Å²) in [4.78, 5) is 11.6. The lowest BCUT2D eigenvalue weighted by molar-refractivity contribution is -0.141. The second-order valence-corrected chi connectivity index (χ2v) is 4.42. The molecular weight excluding hydrogens is 168 g/mol. The fourth-order valence-corrected chi connectivity index (χ4v) is 2.50. The average Bonchev–Trinajstić information content (AvgIpc) is 2.08. The molecule has 3 atom stereocenters. The Kier molecular flexibility index (Phi) is 1.77. The van der Waals surface area contributed by atoms with E-state index in [1.54, 1.807) is 7.11 Å². The molecule has 4 N–H and O–H groups in total. The molecule has 3 aliphatic carbocycles. The summed E-state index contributed by atoms with van der Waals surface area (Å²) < 4.78 is 5.28. The van der Waals surface area contributed by atoms with Crippen LogP contribution in [0.5, 0.6) is 0 Å². The molecule has 0 saturated heterocycles. The molecular formula is C9H16N2O2. The van der Waals surface area contributed by atoms with Crippen molar-refractivity contribution >= 4 is 5.78 Å². The lowest BCUT2D eigenvalue weighted by atomic mass is 9.60. The zero-order valence-corrected chi connectivity index (χ0v) is 7.88. The van der Waals surface area contributed by atoms with Gasteiger partial charge in [-0.3, -0.25) is 4.79 Å². The summed E-state index contributed by atoms with van der Waals surface area (Å²) in [6, 6.07) is 0. The smallest absolute Gasteiger partial charge is 0.154 e. The van der Waals surface area contributed by atoms with Gasteiger partial charge >= 0.3 is 0 Å². The topological polar surface area (TPSA) is 78.3 Å². The first-order valence-corrected chi connectivity index (χ1v) is 4.64. The Bertz CT molecular complexity index is 256. The minimum Gasteiger partial charge on any atom is -0.379 e. The van der Waals surface area contributed by atoms with Crippen molar-refractivity contribution in [3.05, 3.63) is 0 Å². The number of Topliss-reactive ketones (excluding diaryl/α,β-unsaturated/α-hetero) is 1. The molecule has 3 fully saturated rings. The Labute approximate surface area is 77.6 Å². The van der Waals surface area contributed by atoms with Crippen LogP contribution in [0.4, 0.5) is 0 Å². The number of nitrogens with two attached hydrogens (primary N) is 2. The molecule has 0 aromatic carbocycles. The van der Waals surface area contributed by atoms with Crippen LogP contribution >= 0.6 is 0 Å². The minimum absolute atomic E-state index is 0.0519. The number of ketones is 1. The lowest BCUT2D eigenvalue weighted by Crippen LogP contribution is -2.71. The van der Waals surface area contributed by atoms with E-state index < -0.39 is 11.1 Å². The average molecular weight is 184 g/mol. The van der Waals surface area contributed by atoms with Crippen LogP contribution < -0.4 is 11.5 Å². The number of hydrogen-bond donors (Lipinski definition) is 2. The lowest BCUT2D eigenvalue weighted by Gasteiger charge is -2.52. The van der Waals surface area contributed by atoms with E-state index in [0.29, 0.717) is 19.3 Å². The molecule has 0 amide bonds. The Morgan fingerprint density at radius 2 is 2.15 bits per heavy atom. The van der Waals surface area contributed by atoms with Gasteiger partial charge in [0.05, 0.1) is 11.6 Å². The highest BCUT2D eigenvalue weighted by atomic mass is 16.5. The quantitative estimate of drug-likeness (QED) is 0.578. The van der Waals surface area contributed by atoms with Crippen LogP contribution in [0.15, 0.2) is 0 Å². The highest BCUT2D eigenvalue weighted by Gasteiger charge is 2.56. The predicted octanol–water partition coefficient (Wildman–Crippen LogP) is -0.447. The number of fused-ring (bicyclic) bond motifs is 3. The molecule has 3 rings (SSSR count). The summed E-state index contributed by atoms with van der Waals surface area (Å²) in [5, 5.41) is 0. The molecule has 0 aliphatic heterocycles. The Balaban J connectivity index is 2.30. The van der Waals surface area contributed by atoms with Crippen LogP contribution in [-0.2, 0) is 9.53 Å². The van der Waals surface area contributed by atoms with Gasteiger partial charge in [0.1, 0.15) is 0 Å². The zero-order valence-electron chi connectivity index (χ0n) is 7.88. The van der Waals surface area contributed by atoms with Gasteiger partial charge < -0.3 is 16.2 Å². The van der Waals surface area contributed by atoms with Crippen LogP contribution in [-0.4, -0.2) is 30.1 Å². The maximum Gasteiger partial charge on any atom is 0.154 e. The third-order valence-corrected chi connectivity index (χ3v) is 3.56. The van der Waals surface area contributed by atoms with Gasteiger partial charge in [-0.2, -0.15) is 0 Å². The molecule has 0 aromatic rings. The minimum atomic E-state index is -0.651. The fraction of sp³-hybridized carbons (Fsp3) is 0.889. The van der Waals surface area contributed by atoms with Crippen molar-refractivity contribution in [2.75, 3.05) is 7.11 Å². The largest absolute Gasteiger partial charge is 0.379 e. The van der Waals surface area contributed by atoms with Crippen molar-refractivity contribution in [1.82, 2.24) is 0 Å². The van der Waals surface area contributed by atoms with Crippen LogP contribution in [0.3, 0.4) is 0 Å². The van der Waals surface area contributed by atoms with E-state index in [2.05, 4.69) is 0 Å². The third-order valence-electron chi connectivity index (χ3n) is 3.56. The molecule has 0 heterocycles. The number of carbonyl (C=O) groups is 1. The fourth-order valence-electron chi connectivity index (χ4n) is 2.50. The van der Waals surface area contributed by atoms with Crippen LogP contribution in [0, 0.1) is 0 Å². The molecule has 4 heteroatoms. The van der Waals surface area contributed by atoms with E-state index in [4.69, 9.17) is 16.2 Å². The van der Waals surface area contributed by atoms with Gasteiger partial charge in [0.25, 0.3) is 0 Å². The molecule has 13 heavy (non-hydrogen) atoms. The summed E-state index contributed by atoms with van der Waals surface area (Å²) in [5.41, 5.74) is 11.0. The highest BCUT2D eigenvalue weighted by Crippen LogP contribution is 2.43. The van der Waals surface area contributed by atoms with Gasteiger partial charge in [-0.25, -0.2) is 0 Å². The summed E-state index contributed by atoms with van der Waals surface area (Å²) in [5.74, 6) is 0.106. The number of hydrogen-bond acceptors (Lipinski definition) is 4. The normalized spacial score (nSPS) is 49.8. The van der Waals surface area contributed by atoms with Crippen molar-refractivity contribution in [3.8, 4) is 0 Å². The molecule has 0 aromatic heterocycles. The number of methoxy groups -OCH3 is 1. The maximum atomic E-state index is 11.6. The van der Waals surface area contributed by atoms with Gasteiger partial charge in [0.15, 0.2) is 5.78 Å². The molecule has 74 valence electrons. The van der Waals surface area contributed by atoms with Gasteiger partial charge in [-0.05, 0) is 12.8 Å². The highest BCUT2D eigenvalue weighted by molar-refractivity contribution is 5.91. The summed E-state index contributed by atoms with van der Waals surface area (Å²) >= 11 is 0. The first-order chi connectivity index (χ1) is 6.00.